The Morgan fingerprint density at radius 1 is 1.25 bits per heavy atom. The van der Waals surface area contributed by atoms with Crippen molar-refractivity contribution in [2.75, 3.05) is 57.9 Å². The van der Waals surface area contributed by atoms with Crippen molar-refractivity contribution in [3.8, 4) is 0 Å². The van der Waals surface area contributed by atoms with Gasteiger partial charge in [-0.15, -0.1) is 0 Å². The van der Waals surface area contributed by atoms with Crippen molar-refractivity contribution in [2.24, 2.45) is 0 Å². The molecule has 156 valence electrons. The average Bonchev–Trinajstić information content (AvgIpc) is 2.69. The minimum atomic E-state index is -3.85. The molecule has 0 atom stereocenters. The van der Waals surface area contributed by atoms with Crippen molar-refractivity contribution >= 4 is 27.3 Å². The molecule has 0 spiro atoms. The summed E-state index contributed by atoms with van der Waals surface area (Å²) >= 11 is 0. The van der Waals surface area contributed by atoms with E-state index in [2.05, 4.69) is 0 Å². The SMILES string of the molecule is CCN(CC)C(=O)CN(C)c1ccc(S(=O)(=O)N2CCOCC2)cc1[N+](=O)[O-]. The fourth-order valence-electron chi connectivity index (χ4n) is 3.03. The summed E-state index contributed by atoms with van der Waals surface area (Å²) < 4.78 is 31.9. The van der Waals surface area contributed by atoms with Crippen LogP contribution >= 0.6 is 0 Å². The van der Waals surface area contributed by atoms with Gasteiger partial charge in [0, 0.05) is 39.3 Å². The third-order valence-electron chi connectivity index (χ3n) is 4.65. The summed E-state index contributed by atoms with van der Waals surface area (Å²) in [4.78, 5) is 26.2. The van der Waals surface area contributed by atoms with Crippen molar-refractivity contribution in [1.29, 1.82) is 0 Å². The molecule has 0 saturated carbocycles. The molecule has 0 radical (unpaired) electrons. The second-order valence-electron chi connectivity index (χ2n) is 6.35. The molecule has 0 unspecified atom stereocenters. The molecule has 1 amide bonds. The maximum absolute atomic E-state index is 12.8. The van der Waals surface area contributed by atoms with E-state index in [4.69, 9.17) is 4.74 Å². The van der Waals surface area contributed by atoms with Gasteiger partial charge in [0.15, 0.2) is 0 Å². The molecular weight excluding hydrogens is 388 g/mol. The highest BCUT2D eigenvalue weighted by atomic mass is 32.2. The van der Waals surface area contributed by atoms with Crippen molar-refractivity contribution < 1.29 is 22.9 Å². The number of morpholine rings is 1. The van der Waals surface area contributed by atoms with Crippen LogP contribution in [-0.4, -0.2) is 81.4 Å². The Hall–Kier alpha value is -2.24. The van der Waals surface area contributed by atoms with Gasteiger partial charge in [-0.3, -0.25) is 14.9 Å². The molecular formula is C17H26N4O6S. The zero-order valence-corrected chi connectivity index (χ0v) is 17.1. The Balaban J connectivity index is 2.32. The van der Waals surface area contributed by atoms with Crippen molar-refractivity contribution in [1.82, 2.24) is 9.21 Å². The van der Waals surface area contributed by atoms with Gasteiger partial charge >= 0.3 is 0 Å². The highest BCUT2D eigenvalue weighted by molar-refractivity contribution is 7.89. The number of hydrogen-bond donors (Lipinski definition) is 0. The third kappa shape index (κ3) is 4.78. The highest BCUT2D eigenvalue weighted by Crippen LogP contribution is 2.31. The van der Waals surface area contributed by atoms with Crippen molar-refractivity contribution in [3.05, 3.63) is 28.3 Å². The third-order valence-corrected chi connectivity index (χ3v) is 6.55. The van der Waals surface area contributed by atoms with E-state index in [1.165, 1.54) is 21.3 Å². The number of ether oxygens (including phenoxy) is 1. The van der Waals surface area contributed by atoms with Crippen LogP contribution in [0.1, 0.15) is 13.8 Å². The Labute approximate surface area is 164 Å². The summed E-state index contributed by atoms with van der Waals surface area (Å²) in [6.07, 6.45) is 0. The van der Waals surface area contributed by atoms with Crippen LogP contribution in [0.25, 0.3) is 0 Å². The van der Waals surface area contributed by atoms with Crippen molar-refractivity contribution in [3.63, 3.8) is 0 Å². The van der Waals surface area contributed by atoms with Gasteiger partial charge in [-0.05, 0) is 26.0 Å². The maximum Gasteiger partial charge on any atom is 0.293 e. The molecule has 0 bridgehead atoms. The summed E-state index contributed by atoms with van der Waals surface area (Å²) in [6.45, 7) is 5.74. The van der Waals surface area contributed by atoms with Gasteiger partial charge in [0.1, 0.15) is 5.69 Å². The Kier molecular flexibility index (Phi) is 7.33. The molecule has 0 aliphatic carbocycles. The maximum atomic E-state index is 12.8. The van der Waals surface area contributed by atoms with Crippen LogP contribution in [0.3, 0.4) is 0 Å². The Bertz CT molecular complexity index is 819. The van der Waals surface area contributed by atoms with E-state index in [1.54, 1.807) is 11.9 Å². The van der Waals surface area contributed by atoms with Crippen LogP contribution in [0.5, 0.6) is 0 Å². The van der Waals surface area contributed by atoms with Gasteiger partial charge in [0.2, 0.25) is 15.9 Å². The second-order valence-corrected chi connectivity index (χ2v) is 8.28. The molecule has 1 saturated heterocycles. The summed E-state index contributed by atoms with van der Waals surface area (Å²) in [7, 11) is -2.28. The predicted molar refractivity (Wildman–Crippen MR) is 104 cm³/mol. The number of nitro groups is 1. The Morgan fingerprint density at radius 2 is 1.86 bits per heavy atom. The zero-order chi connectivity index (χ0) is 20.9. The molecule has 2 rings (SSSR count). The van der Waals surface area contributed by atoms with E-state index in [0.717, 1.165) is 6.07 Å². The number of benzene rings is 1. The fraction of sp³-hybridized carbons (Fsp3) is 0.588. The molecule has 1 heterocycles. The summed E-state index contributed by atoms with van der Waals surface area (Å²) in [5.74, 6) is -0.160. The van der Waals surface area contributed by atoms with Crippen molar-refractivity contribution in [2.45, 2.75) is 18.7 Å². The standard InChI is InChI=1S/C17H26N4O6S/c1-4-19(5-2)17(22)13-18(3)15-7-6-14(12-16(15)21(23)24)28(25,26)20-8-10-27-11-9-20/h6-7,12H,4-5,8-11,13H2,1-3H3. The van der Waals surface area contributed by atoms with E-state index >= 15 is 0 Å². The molecule has 1 aromatic carbocycles. The van der Waals surface area contributed by atoms with E-state index in [0.29, 0.717) is 13.1 Å². The number of carbonyl (C=O) groups is 1. The van der Waals surface area contributed by atoms with Gasteiger partial charge in [-0.25, -0.2) is 8.42 Å². The van der Waals surface area contributed by atoms with Crippen LogP contribution < -0.4 is 4.90 Å². The topological polar surface area (TPSA) is 113 Å². The van der Waals surface area contributed by atoms with Gasteiger partial charge in [0.05, 0.1) is 29.6 Å². The lowest BCUT2D eigenvalue weighted by atomic mass is 10.2. The first kappa shape index (κ1) is 22.1. The van der Waals surface area contributed by atoms with Crippen LogP contribution in [0.4, 0.5) is 11.4 Å². The number of carbonyl (C=O) groups excluding carboxylic acids is 1. The van der Waals surface area contributed by atoms with Crippen LogP contribution in [0.2, 0.25) is 0 Å². The molecule has 1 aliphatic heterocycles. The molecule has 1 aliphatic rings. The number of nitro benzene ring substituents is 1. The molecule has 28 heavy (non-hydrogen) atoms. The molecule has 1 fully saturated rings. The fourth-order valence-corrected chi connectivity index (χ4v) is 4.46. The van der Waals surface area contributed by atoms with E-state index in [9.17, 15) is 23.3 Å². The summed E-state index contributed by atoms with van der Waals surface area (Å²) in [6, 6.07) is 3.77. The van der Waals surface area contributed by atoms with Crippen LogP contribution in [0.15, 0.2) is 23.1 Å². The number of sulfonamides is 1. The van der Waals surface area contributed by atoms with E-state index < -0.39 is 14.9 Å². The number of nitrogens with zero attached hydrogens (tertiary/aromatic N) is 4. The number of anilines is 1. The molecule has 11 heteroatoms. The smallest absolute Gasteiger partial charge is 0.293 e. The van der Waals surface area contributed by atoms with Gasteiger partial charge < -0.3 is 14.5 Å². The Morgan fingerprint density at radius 3 is 2.39 bits per heavy atom. The van der Waals surface area contributed by atoms with E-state index in [1.807, 2.05) is 13.8 Å². The molecule has 10 nitrogen and oxygen atoms in total. The lowest BCUT2D eigenvalue weighted by Gasteiger charge is -2.26. The number of likely N-dealkylation sites (N-methyl/N-ethyl adjacent to an activating group) is 2. The highest BCUT2D eigenvalue weighted by Gasteiger charge is 2.30. The first-order chi connectivity index (χ1) is 13.2. The molecule has 0 aromatic heterocycles. The van der Waals surface area contributed by atoms with Crippen LogP contribution in [0, 0.1) is 10.1 Å². The number of rotatable bonds is 8. The number of amides is 1. The van der Waals surface area contributed by atoms with E-state index in [-0.39, 0.29) is 55.0 Å². The number of hydrogen-bond acceptors (Lipinski definition) is 7. The largest absolute Gasteiger partial charge is 0.379 e. The first-order valence-corrected chi connectivity index (χ1v) is 10.5. The first-order valence-electron chi connectivity index (χ1n) is 9.07. The second kappa shape index (κ2) is 9.30. The predicted octanol–water partition coefficient (Wildman–Crippen LogP) is 0.920. The quantitative estimate of drug-likeness (QED) is 0.459. The lowest BCUT2D eigenvalue weighted by Crippen LogP contribution is -2.40. The monoisotopic (exact) mass is 414 g/mol. The zero-order valence-electron chi connectivity index (χ0n) is 16.3. The lowest BCUT2D eigenvalue weighted by molar-refractivity contribution is -0.384. The average molecular weight is 414 g/mol. The van der Waals surface area contributed by atoms with Crippen LogP contribution in [-0.2, 0) is 19.6 Å². The summed E-state index contributed by atoms with van der Waals surface area (Å²) in [5.41, 5.74) is -0.171. The van der Waals surface area contributed by atoms with Gasteiger partial charge in [-0.2, -0.15) is 4.31 Å². The van der Waals surface area contributed by atoms with Gasteiger partial charge in [-0.1, -0.05) is 0 Å². The molecule has 0 N–H and O–H groups in total. The summed E-state index contributed by atoms with van der Waals surface area (Å²) in [5, 5.41) is 11.6. The molecule has 1 aromatic rings. The normalized spacial score (nSPS) is 15.2. The minimum absolute atomic E-state index is 0.0436. The van der Waals surface area contributed by atoms with Gasteiger partial charge in [0.25, 0.3) is 5.69 Å². The minimum Gasteiger partial charge on any atom is -0.379 e.